The molecule has 1 unspecified atom stereocenters. The second kappa shape index (κ2) is 19.2. The molecular weight excluding hydrogens is 877 g/mol. The molecule has 16 nitrogen and oxygen atoms in total. The van der Waals surface area contributed by atoms with Crippen LogP contribution in [0.25, 0.3) is 33.3 Å². The number of hydrogen-bond donors (Lipinski definition) is 3. The van der Waals surface area contributed by atoms with Crippen molar-refractivity contribution in [3.63, 3.8) is 0 Å². The van der Waals surface area contributed by atoms with Crippen molar-refractivity contribution >= 4 is 40.5 Å². The van der Waals surface area contributed by atoms with Crippen molar-refractivity contribution in [1.29, 1.82) is 0 Å². The molecule has 4 amide bonds. The van der Waals surface area contributed by atoms with Crippen LogP contribution in [0.1, 0.15) is 95.6 Å². The SMILES string of the molecule is CCn1c2c3c4cc(ccc41)-c1cc(O)cc(c1)C[C@H](NC(=O)[C@H](C(C)C)N(C)C(=O)[C@H]1CCN(C(=O)[C@@H]4CCCN4C)C1)C(=O)N1CCC[C@H](N1)C(=O)OCC(C)(C)C3[C@H](OC)c1ncccc1-2. The number of phenolic OH excluding ortho intramolecular Hbond substituents is 1. The van der Waals surface area contributed by atoms with Gasteiger partial charge >= 0.3 is 5.97 Å². The van der Waals surface area contributed by atoms with E-state index in [0.29, 0.717) is 44.5 Å². The minimum Gasteiger partial charge on any atom is -0.508 e. The Hall–Kier alpha value is -5.84. The van der Waals surface area contributed by atoms with Crippen LogP contribution >= 0.6 is 0 Å². The molecule has 0 radical (unpaired) electrons. The lowest BCUT2D eigenvalue weighted by Gasteiger charge is -2.42. The first-order valence-electron chi connectivity index (χ1n) is 24.8. The van der Waals surface area contributed by atoms with Gasteiger partial charge in [-0.3, -0.25) is 38.9 Å². The molecule has 2 aromatic heterocycles. The second-order valence-electron chi connectivity index (χ2n) is 20.9. The van der Waals surface area contributed by atoms with E-state index in [1.165, 1.54) is 9.91 Å². The maximum absolute atomic E-state index is 14.9. The first-order chi connectivity index (χ1) is 33.0. The van der Waals surface area contributed by atoms with E-state index in [0.717, 1.165) is 63.9 Å². The quantitative estimate of drug-likeness (QED) is 0.193. The Morgan fingerprint density at radius 2 is 1.81 bits per heavy atom. The lowest BCUT2D eigenvalue weighted by molar-refractivity contribution is -0.156. The molecule has 3 fully saturated rings. The normalized spacial score (nSPS) is 25.3. The number of fused-ring (bicyclic) bond motifs is 8. The Labute approximate surface area is 404 Å². The summed E-state index contributed by atoms with van der Waals surface area (Å²) >= 11 is 0. The summed E-state index contributed by atoms with van der Waals surface area (Å²) in [5.41, 5.74) is 9.54. The van der Waals surface area contributed by atoms with Gasteiger partial charge in [0.1, 0.15) is 30.0 Å². The number of aromatic hydroxyl groups is 1. The van der Waals surface area contributed by atoms with Crippen LogP contribution in [0.5, 0.6) is 5.75 Å². The zero-order chi connectivity index (χ0) is 49.1. The van der Waals surface area contributed by atoms with Crippen LogP contribution in [0.3, 0.4) is 0 Å². The maximum atomic E-state index is 14.9. The summed E-state index contributed by atoms with van der Waals surface area (Å²) in [6.45, 7) is 12.7. The number of likely N-dealkylation sites (N-methyl/N-ethyl adjacent to an activating group) is 2. The first kappa shape index (κ1) is 48.2. The van der Waals surface area contributed by atoms with Crippen molar-refractivity contribution in [3.05, 3.63) is 71.5 Å². The lowest BCUT2D eigenvalue weighted by Crippen LogP contribution is -2.62. The monoisotopic (exact) mass is 945 g/mol. The molecule has 3 saturated heterocycles. The molecule has 0 saturated carbocycles. The van der Waals surface area contributed by atoms with Gasteiger partial charge < -0.3 is 34.3 Å². The van der Waals surface area contributed by atoms with Gasteiger partial charge in [0.2, 0.25) is 17.7 Å². The highest BCUT2D eigenvalue weighted by Gasteiger charge is 2.48. The molecule has 2 aromatic carbocycles. The lowest BCUT2D eigenvalue weighted by atomic mass is 9.67. The average molecular weight is 945 g/mol. The Morgan fingerprint density at radius 1 is 1.03 bits per heavy atom. The smallest absolute Gasteiger partial charge is 0.324 e. The number of hydrogen-bond acceptors (Lipinski definition) is 11. The number of esters is 1. The fourth-order valence-corrected chi connectivity index (χ4v) is 12.0. The maximum Gasteiger partial charge on any atom is 0.324 e. The third kappa shape index (κ3) is 8.88. The number of carbonyl (C=O) groups excluding carboxylic acids is 5. The van der Waals surface area contributed by atoms with Crippen molar-refractivity contribution < 1.29 is 38.6 Å². The Bertz CT molecular complexity index is 2660. The Kier molecular flexibility index (Phi) is 13.4. The highest BCUT2D eigenvalue weighted by molar-refractivity contribution is 5.97. The number of amides is 4. The Balaban J connectivity index is 1.08. The van der Waals surface area contributed by atoms with Gasteiger partial charge in [0.05, 0.1) is 30.0 Å². The summed E-state index contributed by atoms with van der Waals surface area (Å²) < 4.78 is 14.9. The molecule has 5 aliphatic rings. The van der Waals surface area contributed by atoms with Crippen LogP contribution in [0, 0.1) is 17.3 Å². The molecule has 0 spiro atoms. The van der Waals surface area contributed by atoms with E-state index < -0.39 is 53.3 Å². The summed E-state index contributed by atoms with van der Waals surface area (Å²) in [5.74, 6) is -2.77. The molecule has 3 N–H and O–H groups in total. The zero-order valence-corrected chi connectivity index (χ0v) is 41.3. The van der Waals surface area contributed by atoms with Gasteiger partial charge in [-0.1, -0.05) is 39.8 Å². The third-order valence-electron chi connectivity index (χ3n) is 15.5. The van der Waals surface area contributed by atoms with Crippen LogP contribution in [0.15, 0.2) is 54.7 Å². The minimum atomic E-state index is -1.16. The summed E-state index contributed by atoms with van der Waals surface area (Å²) in [5, 5.41) is 16.8. The molecule has 1 aliphatic carbocycles. The first-order valence-corrected chi connectivity index (χ1v) is 24.8. The number of hydrazine groups is 1. The number of likely N-dealkylation sites (tertiary alicyclic amines) is 2. The van der Waals surface area contributed by atoms with Gasteiger partial charge in [-0.15, -0.1) is 0 Å². The number of ether oxygens (including phenoxy) is 2. The number of pyridine rings is 1. The van der Waals surface area contributed by atoms with Gasteiger partial charge in [0, 0.05) is 80.8 Å². The average Bonchev–Trinajstić information content (AvgIpc) is 4.09. The molecule has 9 rings (SSSR count). The number of aromatic nitrogens is 2. The molecule has 7 atom stereocenters. The number of cyclic esters (lactones) is 1. The number of rotatable bonds is 8. The largest absolute Gasteiger partial charge is 0.508 e. The standard InChI is InChI=1S/C53H68N8O8/c1-9-60-40-17-16-32-27-37(40)42-43(47(68-8)44-36(46(42)60)13-10-19-54-44)53(4,5)29-69-52(67)38-14-11-21-61(56-38)50(65)39(25-31-23-34(32)26-35(62)24-31)55-48(63)45(30(2)3)58(7)49(64)33-18-22-59(28-33)51(66)41-15-12-20-57(41)6/h10,13,16-17,19,23-24,26-27,30,33,38-39,41,43,45,47,56,62H,9,11-12,14-15,18,20-22,25,28-29H2,1-8H3,(H,55,63)/t33-,38-,39-,41-,43?,45-,47-/m0/s1. The number of nitrogens with zero attached hydrogens (tertiary/aromatic N) is 6. The van der Waals surface area contributed by atoms with E-state index >= 15 is 0 Å². The van der Waals surface area contributed by atoms with Crippen molar-refractivity contribution in [2.45, 2.75) is 116 Å². The van der Waals surface area contributed by atoms with Crippen molar-refractivity contribution in [2.75, 3.05) is 54.0 Å². The van der Waals surface area contributed by atoms with Crippen molar-refractivity contribution in [1.82, 2.24) is 40.0 Å². The van der Waals surface area contributed by atoms with Gasteiger partial charge in [-0.05, 0) is 117 Å². The zero-order valence-electron chi connectivity index (χ0n) is 41.3. The van der Waals surface area contributed by atoms with Crippen LogP contribution < -0.4 is 10.7 Å². The molecular formula is C53H68N8O8. The van der Waals surface area contributed by atoms with E-state index in [1.54, 1.807) is 37.4 Å². The molecule has 6 bridgehead atoms. The van der Waals surface area contributed by atoms with Gasteiger partial charge in [-0.25, -0.2) is 5.43 Å². The van der Waals surface area contributed by atoms with Crippen molar-refractivity contribution in [2.24, 2.45) is 17.3 Å². The molecule has 4 aromatic rings. The fraction of sp³-hybridized carbons (Fsp3) is 0.547. The topological polar surface area (TPSA) is 179 Å². The number of benzene rings is 2. The summed E-state index contributed by atoms with van der Waals surface area (Å²) in [7, 11) is 5.27. The minimum absolute atomic E-state index is 0.00350. The molecule has 6 heterocycles. The molecule has 4 aliphatic heterocycles. The predicted molar refractivity (Wildman–Crippen MR) is 260 cm³/mol. The molecule has 16 heteroatoms. The van der Waals surface area contributed by atoms with E-state index in [-0.39, 0.29) is 55.0 Å². The van der Waals surface area contributed by atoms with E-state index in [2.05, 4.69) is 59.2 Å². The number of carbonyl (C=O) groups is 5. The van der Waals surface area contributed by atoms with E-state index in [4.69, 9.17) is 14.5 Å². The van der Waals surface area contributed by atoms with E-state index in [1.807, 2.05) is 39.1 Å². The predicted octanol–water partition coefficient (Wildman–Crippen LogP) is 5.41. The summed E-state index contributed by atoms with van der Waals surface area (Å²) in [6, 6.07) is 12.4. The molecule has 368 valence electrons. The third-order valence-corrected chi connectivity index (χ3v) is 15.5. The number of phenols is 1. The van der Waals surface area contributed by atoms with Crippen LogP contribution in [0.2, 0.25) is 0 Å². The number of aryl methyl sites for hydroxylation is 1. The van der Waals surface area contributed by atoms with E-state index in [9.17, 15) is 29.1 Å². The number of nitrogens with one attached hydrogen (secondary N) is 2. The van der Waals surface area contributed by atoms with Gasteiger partial charge in [0.15, 0.2) is 0 Å². The summed E-state index contributed by atoms with van der Waals surface area (Å²) in [6.07, 6.45) is 4.51. The van der Waals surface area contributed by atoms with Crippen LogP contribution in [-0.4, -0.2) is 142 Å². The van der Waals surface area contributed by atoms with Gasteiger partial charge in [-0.2, -0.15) is 0 Å². The second-order valence-corrected chi connectivity index (χ2v) is 20.9. The molecule has 69 heavy (non-hydrogen) atoms. The van der Waals surface area contributed by atoms with Crippen LogP contribution in [-0.2, 0) is 46.4 Å². The highest BCUT2D eigenvalue weighted by Crippen LogP contribution is 2.57. The Morgan fingerprint density at radius 3 is 2.54 bits per heavy atom. The summed E-state index contributed by atoms with van der Waals surface area (Å²) in [4.78, 5) is 81.6. The van der Waals surface area contributed by atoms with Crippen LogP contribution in [0.4, 0.5) is 0 Å². The van der Waals surface area contributed by atoms with Gasteiger partial charge in [0.25, 0.3) is 5.91 Å². The highest BCUT2D eigenvalue weighted by atomic mass is 16.5. The fourth-order valence-electron chi connectivity index (χ4n) is 12.0. The van der Waals surface area contributed by atoms with Crippen molar-refractivity contribution in [3.8, 4) is 28.1 Å². The number of methoxy groups -OCH3 is 1.